The number of carbonyl (C=O) groups excluding carboxylic acids is 1. The Kier molecular flexibility index (Phi) is 4.85. The summed E-state index contributed by atoms with van der Waals surface area (Å²) in [7, 11) is 0. The van der Waals surface area contributed by atoms with Crippen LogP contribution >= 0.6 is 11.3 Å². The van der Waals surface area contributed by atoms with E-state index in [1.807, 2.05) is 6.92 Å². The number of rotatable bonds is 4. The number of hydrogen-bond donors (Lipinski definition) is 1. The van der Waals surface area contributed by atoms with Crippen molar-refractivity contribution in [2.45, 2.75) is 26.7 Å². The quantitative estimate of drug-likeness (QED) is 0.624. The van der Waals surface area contributed by atoms with Crippen molar-refractivity contribution in [3.05, 3.63) is 16.1 Å². The van der Waals surface area contributed by atoms with Crippen LogP contribution in [-0.4, -0.2) is 17.4 Å². The normalized spacial score (nSPS) is 9.20. The van der Waals surface area contributed by atoms with Gasteiger partial charge >= 0.3 is 0 Å². The molecule has 0 atom stereocenters. The molecule has 1 aromatic rings. The zero-order chi connectivity index (χ0) is 11.1. The summed E-state index contributed by atoms with van der Waals surface area (Å²) in [6.07, 6.45) is 3.20. The third kappa shape index (κ3) is 3.72. The van der Waals surface area contributed by atoms with E-state index in [1.54, 1.807) is 13.1 Å². The van der Waals surface area contributed by atoms with Gasteiger partial charge in [0.2, 0.25) is 0 Å². The zero-order valence-corrected chi connectivity index (χ0v) is 9.78. The number of nitrogens with one attached hydrogen (secondary N) is 1. The predicted molar refractivity (Wildman–Crippen MR) is 61.9 cm³/mol. The third-order valence-corrected chi connectivity index (χ3v) is 2.93. The van der Waals surface area contributed by atoms with Gasteiger partial charge in [0.25, 0.3) is 5.91 Å². The molecule has 80 valence electrons. The molecule has 0 aromatic carbocycles. The van der Waals surface area contributed by atoms with Crippen LogP contribution < -0.4 is 5.32 Å². The summed E-state index contributed by atoms with van der Waals surface area (Å²) in [4.78, 5) is 16.4. The van der Waals surface area contributed by atoms with Gasteiger partial charge in [-0.1, -0.05) is 6.92 Å². The minimum atomic E-state index is -0.0508. The lowest BCUT2D eigenvalue weighted by molar-refractivity contribution is 0.0958. The molecule has 0 radical (unpaired) electrons. The van der Waals surface area contributed by atoms with Gasteiger partial charge in [-0.25, -0.2) is 4.98 Å². The van der Waals surface area contributed by atoms with E-state index in [2.05, 4.69) is 22.1 Å². The molecular weight excluding hydrogens is 208 g/mol. The van der Waals surface area contributed by atoms with E-state index in [-0.39, 0.29) is 5.91 Å². The molecule has 0 aliphatic rings. The SMILES string of the molecule is CC#CCCNC(=O)c1cnc(CC)s1. The van der Waals surface area contributed by atoms with E-state index in [1.165, 1.54) is 11.3 Å². The number of carbonyl (C=O) groups is 1. The molecule has 0 spiro atoms. The van der Waals surface area contributed by atoms with E-state index >= 15 is 0 Å². The van der Waals surface area contributed by atoms with Crippen molar-refractivity contribution in [3.63, 3.8) is 0 Å². The molecule has 15 heavy (non-hydrogen) atoms. The van der Waals surface area contributed by atoms with Crippen molar-refractivity contribution in [3.8, 4) is 11.8 Å². The molecule has 1 aromatic heterocycles. The van der Waals surface area contributed by atoms with Crippen LogP contribution in [0.5, 0.6) is 0 Å². The average Bonchev–Trinajstić information content (AvgIpc) is 2.72. The first-order valence-corrected chi connectivity index (χ1v) is 5.72. The number of amides is 1. The highest BCUT2D eigenvalue weighted by molar-refractivity contribution is 7.13. The first-order chi connectivity index (χ1) is 7.27. The molecule has 4 heteroatoms. The second-order valence-electron chi connectivity index (χ2n) is 2.90. The Labute approximate surface area is 93.9 Å². The maximum absolute atomic E-state index is 11.5. The van der Waals surface area contributed by atoms with Gasteiger partial charge in [-0.2, -0.15) is 0 Å². The van der Waals surface area contributed by atoms with Gasteiger partial charge in [0, 0.05) is 13.0 Å². The molecule has 1 rings (SSSR count). The minimum absolute atomic E-state index is 0.0508. The van der Waals surface area contributed by atoms with Gasteiger partial charge in [0.1, 0.15) is 4.88 Å². The molecule has 0 aliphatic heterocycles. The number of hydrogen-bond acceptors (Lipinski definition) is 3. The summed E-state index contributed by atoms with van der Waals surface area (Å²) in [5.74, 6) is 5.63. The van der Waals surface area contributed by atoms with Gasteiger partial charge in [-0.15, -0.1) is 23.2 Å². The lowest BCUT2D eigenvalue weighted by Crippen LogP contribution is -2.23. The first kappa shape index (κ1) is 11.7. The van der Waals surface area contributed by atoms with E-state index in [0.717, 1.165) is 11.4 Å². The van der Waals surface area contributed by atoms with Crippen LogP contribution in [0.3, 0.4) is 0 Å². The highest BCUT2D eigenvalue weighted by Gasteiger charge is 2.08. The van der Waals surface area contributed by atoms with Crippen LogP contribution in [0.2, 0.25) is 0 Å². The lowest BCUT2D eigenvalue weighted by Gasteiger charge is -1.98. The Morgan fingerprint density at radius 2 is 2.47 bits per heavy atom. The Bertz CT molecular complexity index is 387. The van der Waals surface area contributed by atoms with Crippen molar-refractivity contribution in [2.24, 2.45) is 0 Å². The summed E-state index contributed by atoms with van der Waals surface area (Å²) in [6.45, 7) is 4.41. The van der Waals surface area contributed by atoms with E-state index in [0.29, 0.717) is 17.8 Å². The number of thiazole rings is 1. The lowest BCUT2D eigenvalue weighted by atomic mass is 10.4. The molecular formula is C11H14N2OS. The fourth-order valence-corrected chi connectivity index (χ4v) is 1.80. The summed E-state index contributed by atoms with van der Waals surface area (Å²) in [5.41, 5.74) is 0. The summed E-state index contributed by atoms with van der Waals surface area (Å²) in [6, 6.07) is 0. The topological polar surface area (TPSA) is 42.0 Å². The highest BCUT2D eigenvalue weighted by Crippen LogP contribution is 2.12. The van der Waals surface area contributed by atoms with Crippen molar-refractivity contribution >= 4 is 17.2 Å². The molecule has 1 heterocycles. The minimum Gasteiger partial charge on any atom is -0.350 e. The molecule has 0 saturated carbocycles. The molecule has 0 fully saturated rings. The van der Waals surface area contributed by atoms with E-state index in [4.69, 9.17) is 0 Å². The Morgan fingerprint density at radius 3 is 3.07 bits per heavy atom. The molecule has 1 amide bonds. The Balaban J connectivity index is 2.42. The zero-order valence-electron chi connectivity index (χ0n) is 8.96. The molecule has 0 aliphatic carbocycles. The second kappa shape index (κ2) is 6.20. The van der Waals surface area contributed by atoms with Crippen molar-refractivity contribution < 1.29 is 4.79 Å². The molecule has 3 nitrogen and oxygen atoms in total. The molecule has 1 N–H and O–H groups in total. The number of aryl methyl sites for hydroxylation is 1. The van der Waals surface area contributed by atoms with Gasteiger partial charge in [0.15, 0.2) is 0 Å². The molecule has 0 bridgehead atoms. The summed E-state index contributed by atoms with van der Waals surface area (Å²) < 4.78 is 0. The molecule has 0 saturated heterocycles. The highest BCUT2D eigenvalue weighted by atomic mass is 32.1. The first-order valence-electron chi connectivity index (χ1n) is 4.90. The second-order valence-corrected chi connectivity index (χ2v) is 4.02. The van der Waals surface area contributed by atoms with Crippen molar-refractivity contribution in [1.29, 1.82) is 0 Å². The number of nitrogens with zero attached hydrogens (tertiary/aromatic N) is 1. The fraction of sp³-hybridized carbons (Fsp3) is 0.455. The van der Waals surface area contributed by atoms with Crippen LogP contribution in [0.25, 0.3) is 0 Å². The van der Waals surface area contributed by atoms with Gasteiger partial charge in [-0.05, 0) is 13.3 Å². The van der Waals surface area contributed by atoms with Crippen molar-refractivity contribution in [1.82, 2.24) is 10.3 Å². The maximum atomic E-state index is 11.5. The van der Waals surface area contributed by atoms with Crippen molar-refractivity contribution in [2.75, 3.05) is 6.54 Å². The monoisotopic (exact) mass is 222 g/mol. The standard InChI is InChI=1S/C11H14N2OS/c1-3-5-6-7-12-11(14)9-8-13-10(4-2)15-9/h8H,4,6-7H2,1-2H3,(H,12,14). The van der Waals surface area contributed by atoms with Gasteiger partial charge in [0.05, 0.1) is 11.2 Å². The fourth-order valence-electron chi connectivity index (χ4n) is 1.03. The third-order valence-electron chi connectivity index (χ3n) is 1.79. The van der Waals surface area contributed by atoms with E-state index in [9.17, 15) is 4.79 Å². The maximum Gasteiger partial charge on any atom is 0.263 e. The van der Waals surface area contributed by atoms with Crippen LogP contribution in [0, 0.1) is 11.8 Å². The van der Waals surface area contributed by atoms with Gasteiger partial charge in [-0.3, -0.25) is 4.79 Å². The largest absolute Gasteiger partial charge is 0.350 e. The Hall–Kier alpha value is -1.34. The molecule has 0 unspecified atom stereocenters. The Morgan fingerprint density at radius 1 is 1.67 bits per heavy atom. The predicted octanol–water partition coefficient (Wildman–Crippen LogP) is 1.85. The van der Waals surface area contributed by atoms with Crippen LogP contribution in [0.1, 0.15) is 34.9 Å². The summed E-state index contributed by atoms with van der Waals surface area (Å²) in [5, 5.41) is 3.79. The van der Waals surface area contributed by atoms with Crippen LogP contribution in [-0.2, 0) is 6.42 Å². The average molecular weight is 222 g/mol. The summed E-state index contributed by atoms with van der Waals surface area (Å²) >= 11 is 1.45. The smallest absolute Gasteiger partial charge is 0.263 e. The van der Waals surface area contributed by atoms with Crippen LogP contribution in [0.4, 0.5) is 0 Å². The number of aromatic nitrogens is 1. The van der Waals surface area contributed by atoms with Crippen LogP contribution in [0.15, 0.2) is 6.20 Å². The van der Waals surface area contributed by atoms with E-state index < -0.39 is 0 Å². The van der Waals surface area contributed by atoms with Gasteiger partial charge < -0.3 is 5.32 Å².